The monoisotopic (exact) mass is 248 g/mol. The molecule has 0 aromatic heterocycles. The average Bonchev–Trinajstić information content (AvgIpc) is 2.23. The number of carbonyl (C=O) groups excluding carboxylic acids is 1. The fourth-order valence-electron chi connectivity index (χ4n) is 1.03. The standard InChI is InChI=1S/C11H20O4S/c1-2-3-4-7-15-11(14)6-9-16-8-5-10(12)13/h2-9H2,1H3,(H,12,13). The Morgan fingerprint density at radius 1 is 1.19 bits per heavy atom. The number of rotatable bonds is 10. The number of hydrogen-bond acceptors (Lipinski definition) is 4. The first-order valence-electron chi connectivity index (χ1n) is 5.62. The van der Waals surface area contributed by atoms with Crippen LogP contribution in [0.2, 0.25) is 0 Å². The van der Waals surface area contributed by atoms with E-state index in [1.54, 1.807) is 0 Å². The molecule has 0 aromatic rings. The zero-order valence-corrected chi connectivity index (χ0v) is 10.6. The first-order valence-corrected chi connectivity index (χ1v) is 6.77. The van der Waals surface area contributed by atoms with Crippen LogP contribution < -0.4 is 0 Å². The summed E-state index contributed by atoms with van der Waals surface area (Å²) in [5.74, 6) is 0.215. The molecule has 0 aliphatic carbocycles. The van der Waals surface area contributed by atoms with Gasteiger partial charge in [-0.05, 0) is 6.42 Å². The first-order chi connectivity index (χ1) is 7.66. The van der Waals surface area contributed by atoms with Crippen LogP contribution in [0.5, 0.6) is 0 Å². The predicted molar refractivity (Wildman–Crippen MR) is 64.7 cm³/mol. The molecule has 16 heavy (non-hydrogen) atoms. The van der Waals surface area contributed by atoms with Crippen molar-refractivity contribution in [2.75, 3.05) is 18.1 Å². The van der Waals surface area contributed by atoms with Gasteiger partial charge in [0.25, 0.3) is 0 Å². The fourth-order valence-corrected chi connectivity index (χ4v) is 1.86. The predicted octanol–water partition coefficient (Wildman–Crippen LogP) is 2.32. The van der Waals surface area contributed by atoms with Crippen LogP contribution in [0.1, 0.15) is 39.0 Å². The third kappa shape index (κ3) is 11.4. The summed E-state index contributed by atoms with van der Waals surface area (Å²) >= 11 is 1.47. The summed E-state index contributed by atoms with van der Waals surface area (Å²) in [4.78, 5) is 21.3. The maximum absolute atomic E-state index is 11.2. The summed E-state index contributed by atoms with van der Waals surface area (Å²) in [6, 6.07) is 0. The molecular weight excluding hydrogens is 228 g/mol. The second-order valence-corrected chi connectivity index (χ2v) is 4.66. The molecule has 0 fully saturated rings. The van der Waals surface area contributed by atoms with Crippen molar-refractivity contribution in [3.05, 3.63) is 0 Å². The summed E-state index contributed by atoms with van der Waals surface area (Å²) in [5.41, 5.74) is 0. The van der Waals surface area contributed by atoms with Crippen molar-refractivity contribution in [1.82, 2.24) is 0 Å². The highest BCUT2D eigenvalue weighted by Gasteiger charge is 2.03. The van der Waals surface area contributed by atoms with Crippen molar-refractivity contribution in [3.63, 3.8) is 0 Å². The molecule has 0 rings (SSSR count). The van der Waals surface area contributed by atoms with Crippen molar-refractivity contribution in [1.29, 1.82) is 0 Å². The van der Waals surface area contributed by atoms with Gasteiger partial charge in [-0.2, -0.15) is 11.8 Å². The summed E-state index contributed by atoms with van der Waals surface area (Å²) in [6.07, 6.45) is 3.64. The molecule has 94 valence electrons. The second-order valence-electron chi connectivity index (χ2n) is 3.43. The van der Waals surface area contributed by atoms with Crippen molar-refractivity contribution < 1.29 is 19.4 Å². The zero-order chi connectivity index (χ0) is 12.2. The van der Waals surface area contributed by atoms with Gasteiger partial charge in [0.05, 0.1) is 19.4 Å². The minimum absolute atomic E-state index is 0.149. The third-order valence-electron chi connectivity index (χ3n) is 1.92. The normalized spacial score (nSPS) is 10.1. The van der Waals surface area contributed by atoms with E-state index in [9.17, 15) is 9.59 Å². The molecule has 0 radical (unpaired) electrons. The number of carbonyl (C=O) groups is 2. The maximum atomic E-state index is 11.2. The number of hydrogen-bond donors (Lipinski definition) is 1. The van der Waals surface area contributed by atoms with Gasteiger partial charge in [0.1, 0.15) is 0 Å². The number of esters is 1. The van der Waals surface area contributed by atoms with Crippen LogP contribution in [0.15, 0.2) is 0 Å². The van der Waals surface area contributed by atoms with Crippen molar-refractivity contribution in [2.24, 2.45) is 0 Å². The number of carboxylic acid groups (broad SMARTS) is 1. The van der Waals surface area contributed by atoms with Crippen molar-refractivity contribution in [2.45, 2.75) is 39.0 Å². The molecular formula is C11H20O4S. The topological polar surface area (TPSA) is 63.6 Å². The van der Waals surface area contributed by atoms with E-state index >= 15 is 0 Å². The Morgan fingerprint density at radius 3 is 2.50 bits per heavy atom. The molecule has 4 nitrogen and oxygen atoms in total. The van der Waals surface area contributed by atoms with Gasteiger partial charge in [0.15, 0.2) is 0 Å². The number of unbranched alkanes of at least 4 members (excludes halogenated alkanes) is 2. The van der Waals surface area contributed by atoms with Crippen LogP contribution >= 0.6 is 11.8 Å². The number of thioether (sulfide) groups is 1. The van der Waals surface area contributed by atoms with E-state index in [2.05, 4.69) is 6.92 Å². The lowest BCUT2D eigenvalue weighted by atomic mass is 10.3. The van der Waals surface area contributed by atoms with Gasteiger partial charge >= 0.3 is 11.9 Å². The average molecular weight is 248 g/mol. The van der Waals surface area contributed by atoms with E-state index in [0.717, 1.165) is 19.3 Å². The molecule has 0 unspecified atom stereocenters. The highest BCUT2D eigenvalue weighted by atomic mass is 32.2. The third-order valence-corrected chi connectivity index (χ3v) is 2.91. The molecule has 0 atom stereocenters. The Balaban J connectivity index is 3.20. The van der Waals surface area contributed by atoms with E-state index in [1.165, 1.54) is 11.8 Å². The maximum Gasteiger partial charge on any atom is 0.306 e. The van der Waals surface area contributed by atoms with Gasteiger partial charge < -0.3 is 9.84 Å². The van der Waals surface area contributed by atoms with E-state index in [1.807, 2.05) is 0 Å². The van der Waals surface area contributed by atoms with E-state index < -0.39 is 5.97 Å². The van der Waals surface area contributed by atoms with Crippen LogP contribution in [0.4, 0.5) is 0 Å². The smallest absolute Gasteiger partial charge is 0.306 e. The molecule has 5 heteroatoms. The summed E-state index contributed by atoms with van der Waals surface area (Å²) in [6.45, 7) is 2.60. The summed E-state index contributed by atoms with van der Waals surface area (Å²) in [5, 5.41) is 8.38. The van der Waals surface area contributed by atoms with Gasteiger partial charge in [-0.15, -0.1) is 0 Å². The second kappa shape index (κ2) is 10.8. The molecule has 0 aliphatic rings. The molecule has 0 spiro atoms. The molecule has 0 saturated heterocycles. The van der Waals surface area contributed by atoms with Crippen LogP contribution in [0, 0.1) is 0 Å². The molecule has 0 bridgehead atoms. The number of ether oxygens (including phenoxy) is 1. The van der Waals surface area contributed by atoms with E-state index in [0.29, 0.717) is 24.5 Å². The van der Waals surface area contributed by atoms with Gasteiger partial charge in [-0.25, -0.2) is 0 Å². The van der Waals surface area contributed by atoms with Gasteiger partial charge in [0.2, 0.25) is 0 Å². The summed E-state index contributed by atoms with van der Waals surface area (Å²) < 4.78 is 5.00. The van der Waals surface area contributed by atoms with Crippen LogP contribution in [-0.2, 0) is 14.3 Å². The molecule has 0 heterocycles. The van der Waals surface area contributed by atoms with Crippen LogP contribution in [0.25, 0.3) is 0 Å². The zero-order valence-electron chi connectivity index (χ0n) is 9.74. The highest BCUT2D eigenvalue weighted by molar-refractivity contribution is 7.99. The molecule has 1 N–H and O–H groups in total. The van der Waals surface area contributed by atoms with Gasteiger partial charge in [-0.3, -0.25) is 9.59 Å². The minimum Gasteiger partial charge on any atom is -0.481 e. The Labute approximate surface area is 101 Å². The van der Waals surface area contributed by atoms with Crippen molar-refractivity contribution >= 4 is 23.7 Å². The Kier molecular flexibility index (Phi) is 10.3. The molecule has 0 saturated carbocycles. The molecule has 0 amide bonds. The van der Waals surface area contributed by atoms with Gasteiger partial charge in [0, 0.05) is 11.5 Å². The fraction of sp³-hybridized carbons (Fsp3) is 0.818. The summed E-state index contributed by atoms with van der Waals surface area (Å²) in [7, 11) is 0. The lowest BCUT2D eigenvalue weighted by Crippen LogP contribution is -2.07. The minimum atomic E-state index is -0.797. The van der Waals surface area contributed by atoms with Crippen LogP contribution in [0.3, 0.4) is 0 Å². The Hall–Kier alpha value is -0.710. The van der Waals surface area contributed by atoms with Crippen LogP contribution in [-0.4, -0.2) is 35.2 Å². The first kappa shape index (κ1) is 15.3. The van der Waals surface area contributed by atoms with E-state index in [4.69, 9.17) is 9.84 Å². The Morgan fingerprint density at radius 2 is 1.88 bits per heavy atom. The largest absolute Gasteiger partial charge is 0.481 e. The number of aliphatic carboxylic acids is 1. The molecule has 0 aromatic carbocycles. The van der Waals surface area contributed by atoms with Crippen molar-refractivity contribution in [3.8, 4) is 0 Å². The lowest BCUT2D eigenvalue weighted by Gasteiger charge is -2.03. The SMILES string of the molecule is CCCCCOC(=O)CCSCCC(=O)O. The number of carboxylic acids is 1. The van der Waals surface area contributed by atoms with E-state index in [-0.39, 0.29) is 12.4 Å². The quantitative estimate of drug-likeness (QED) is 0.475. The molecule has 0 aliphatic heterocycles. The van der Waals surface area contributed by atoms with Gasteiger partial charge in [-0.1, -0.05) is 19.8 Å². The lowest BCUT2D eigenvalue weighted by molar-refractivity contribution is -0.143. The highest BCUT2D eigenvalue weighted by Crippen LogP contribution is 2.05. The Bertz CT molecular complexity index is 206.